The van der Waals surface area contributed by atoms with E-state index in [1.165, 1.54) is 0 Å². The molecule has 0 aliphatic rings. The van der Waals surface area contributed by atoms with Crippen molar-refractivity contribution in [1.29, 1.82) is 0 Å². The van der Waals surface area contributed by atoms with Crippen LogP contribution in [0.1, 0.15) is 54.5 Å². The Morgan fingerprint density at radius 2 is 1.86 bits per heavy atom. The van der Waals surface area contributed by atoms with Crippen molar-refractivity contribution < 1.29 is 14.3 Å². The number of hydrogen-bond acceptors (Lipinski definition) is 4. The zero-order valence-electron chi connectivity index (χ0n) is 21.4. The van der Waals surface area contributed by atoms with Gasteiger partial charge in [-0.05, 0) is 68.7 Å². The Bertz CT molecular complexity index is 1400. The molecule has 1 heterocycles. The average molecular weight is 518 g/mol. The van der Waals surface area contributed by atoms with Crippen LogP contribution >= 0.6 is 11.6 Å². The molecule has 4 rings (SSSR count). The SMILES string of the molecule is C/C=C/c1ccc(OCCCCn2c(C(C)NC(=O)c3ccccc3Cl)nc3ccccc32)c(OC)c1. The third kappa shape index (κ3) is 6.33. The van der Waals surface area contributed by atoms with Crippen LogP contribution < -0.4 is 14.8 Å². The molecule has 37 heavy (non-hydrogen) atoms. The first kappa shape index (κ1) is 26.3. The van der Waals surface area contributed by atoms with Crippen LogP contribution in [0.15, 0.2) is 72.8 Å². The second-order valence-corrected chi connectivity index (χ2v) is 9.16. The third-order valence-corrected chi connectivity index (χ3v) is 6.45. The fourth-order valence-electron chi connectivity index (χ4n) is 4.30. The molecule has 0 saturated heterocycles. The van der Waals surface area contributed by atoms with Gasteiger partial charge >= 0.3 is 0 Å². The number of aromatic nitrogens is 2. The van der Waals surface area contributed by atoms with Crippen LogP contribution in [0.5, 0.6) is 11.5 Å². The highest BCUT2D eigenvalue weighted by Crippen LogP contribution is 2.29. The number of para-hydroxylation sites is 2. The van der Waals surface area contributed by atoms with Crippen LogP contribution in [-0.4, -0.2) is 29.2 Å². The van der Waals surface area contributed by atoms with Crippen LogP contribution in [0.3, 0.4) is 0 Å². The number of nitrogens with one attached hydrogen (secondary N) is 1. The van der Waals surface area contributed by atoms with Gasteiger partial charge in [0.1, 0.15) is 5.82 Å². The Morgan fingerprint density at radius 3 is 2.65 bits per heavy atom. The molecule has 0 radical (unpaired) electrons. The maximum absolute atomic E-state index is 12.9. The van der Waals surface area contributed by atoms with Crippen molar-refractivity contribution >= 4 is 34.6 Å². The summed E-state index contributed by atoms with van der Waals surface area (Å²) in [6.07, 6.45) is 5.76. The number of hydrogen-bond donors (Lipinski definition) is 1. The van der Waals surface area contributed by atoms with E-state index in [2.05, 4.69) is 16.0 Å². The van der Waals surface area contributed by atoms with E-state index in [9.17, 15) is 4.79 Å². The summed E-state index contributed by atoms with van der Waals surface area (Å²) in [6, 6.07) is 20.7. The number of nitrogens with zero attached hydrogens (tertiary/aromatic N) is 2. The standard InChI is InChI=1S/C30H32ClN3O3/c1-4-11-22-16-17-27(28(20-22)36-3)37-19-10-9-18-34-26-15-8-7-14-25(26)33-29(34)21(2)32-30(35)23-12-5-6-13-24(23)31/h4-8,11-17,20-21H,9-10,18-19H2,1-3H3,(H,32,35)/b11-4+. The van der Waals surface area contributed by atoms with Gasteiger partial charge in [0.2, 0.25) is 0 Å². The highest BCUT2D eigenvalue weighted by Gasteiger charge is 2.20. The smallest absolute Gasteiger partial charge is 0.253 e. The van der Waals surface area contributed by atoms with E-state index in [1.54, 1.807) is 31.4 Å². The number of allylic oxidation sites excluding steroid dienone is 1. The van der Waals surface area contributed by atoms with E-state index in [-0.39, 0.29) is 11.9 Å². The molecule has 1 amide bonds. The molecule has 1 atom stereocenters. The molecule has 4 aromatic rings. The Hall–Kier alpha value is -3.77. The molecule has 7 heteroatoms. The number of halogens is 1. The molecule has 0 saturated carbocycles. The lowest BCUT2D eigenvalue weighted by Crippen LogP contribution is -2.29. The number of imidazole rings is 1. The molecule has 1 unspecified atom stereocenters. The second-order valence-electron chi connectivity index (χ2n) is 8.75. The van der Waals surface area contributed by atoms with Gasteiger partial charge < -0.3 is 19.4 Å². The third-order valence-electron chi connectivity index (χ3n) is 6.12. The summed E-state index contributed by atoms with van der Waals surface area (Å²) in [5.74, 6) is 2.05. The van der Waals surface area contributed by atoms with Crippen molar-refractivity contribution in [1.82, 2.24) is 14.9 Å². The minimum atomic E-state index is -0.299. The van der Waals surface area contributed by atoms with Crippen molar-refractivity contribution in [2.45, 2.75) is 39.3 Å². The lowest BCUT2D eigenvalue weighted by Gasteiger charge is -2.17. The van der Waals surface area contributed by atoms with Gasteiger partial charge in [-0.25, -0.2) is 4.98 Å². The Morgan fingerprint density at radius 1 is 1.08 bits per heavy atom. The Balaban J connectivity index is 1.41. The largest absolute Gasteiger partial charge is 0.493 e. The van der Waals surface area contributed by atoms with Crippen LogP contribution in [0.4, 0.5) is 0 Å². The van der Waals surface area contributed by atoms with Crippen molar-refractivity contribution in [3.8, 4) is 11.5 Å². The summed E-state index contributed by atoms with van der Waals surface area (Å²) in [5, 5.41) is 3.48. The molecule has 192 valence electrons. The number of carbonyl (C=O) groups is 1. The molecule has 1 aromatic heterocycles. The maximum Gasteiger partial charge on any atom is 0.253 e. The van der Waals surface area contributed by atoms with E-state index in [0.717, 1.165) is 53.3 Å². The fourth-order valence-corrected chi connectivity index (χ4v) is 4.52. The summed E-state index contributed by atoms with van der Waals surface area (Å²) in [5.41, 5.74) is 3.46. The van der Waals surface area contributed by atoms with Crippen LogP contribution in [0.2, 0.25) is 5.02 Å². The average Bonchev–Trinajstić information content (AvgIpc) is 3.28. The molecule has 0 spiro atoms. The van der Waals surface area contributed by atoms with Gasteiger partial charge in [-0.15, -0.1) is 0 Å². The summed E-state index contributed by atoms with van der Waals surface area (Å²) in [6.45, 7) is 5.25. The van der Waals surface area contributed by atoms with E-state index in [1.807, 2.05) is 62.4 Å². The van der Waals surface area contributed by atoms with Crippen molar-refractivity contribution in [2.75, 3.05) is 13.7 Å². The Labute approximate surface area is 222 Å². The van der Waals surface area contributed by atoms with E-state index in [0.29, 0.717) is 17.2 Å². The zero-order chi connectivity index (χ0) is 26.2. The van der Waals surface area contributed by atoms with Gasteiger partial charge in [-0.2, -0.15) is 0 Å². The molecule has 6 nitrogen and oxygen atoms in total. The summed E-state index contributed by atoms with van der Waals surface area (Å²) in [7, 11) is 1.65. The molecule has 0 fully saturated rings. The number of unbranched alkanes of at least 4 members (excludes halogenated alkanes) is 1. The first-order valence-corrected chi connectivity index (χ1v) is 12.8. The van der Waals surface area contributed by atoms with Crippen LogP contribution in [-0.2, 0) is 6.54 Å². The van der Waals surface area contributed by atoms with Gasteiger partial charge in [0.25, 0.3) is 5.91 Å². The first-order chi connectivity index (χ1) is 18.0. The lowest BCUT2D eigenvalue weighted by atomic mass is 10.2. The van der Waals surface area contributed by atoms with Crippen LogP contribution in [0, 0.1) is 0 Å². The number of methoxy groups -OCH3 is 1. The van der Waals surface area contributed by atoms with Gasteiger partial charge in [-0.1, -0.05) is 54.1 Å². The number of benzene rings is 3. The number of fused-ring (bicyclic) bond motifs is 1. The van der Waals surface area contributed by atoms with Gasteiger partial charge in [0, 0.05) is 6.54 Å². The maximum atomic E-state index is 12.9. The van der Waals surface area contributed by atoms with E-state index in [4.69, 9.17) is 26.1 Å². The van der Waals surface area contributed by atoms with E-state index >= 15 is 0 Å². The van der Waals surface area contributed by atoms with Crippen molar-refractivity contribution in [3.63, 3.8) is 0 Å². The number of aryl methyl sites for hydroxylation is 1. The molecular formula is C30H32ClN3O3. The van der Waals surface area contributed by atoms with Gasteiger partial charge in [-0.3, -0.25) is 4.79 Å². The lowest BCUT2D eigenvalue weighted by molar-refractivity contribution is 0.0938. The highest BCUT2D eigenvalue weighted by atomic mass is 35.5. The van der Waals surface area contributed by atoms with Gasteiger partial charge in [0.05, 0.1) is 41.4 Å². The quantitative estimate of drug-likeness (QED) is 0.216. The number of amides is 1. The molecule has 0 aliphatic heterocycles. The highest BCUT2D eigenvalue weighted by molar-refractivity contribution is 6.33. The molecule has 1 N–H and O–H groups in total. The molecular weight excluding hydrogens is 486 g/mol. The topological polar surface area (TPSA) is 65.4 Å². The first-order valence-electron chi connectivity index (χ1n) is 12.5. The normalized spacial score (nSPS) is 12.1. The van der Waals surface area contributed by atoms with Gasteiger partial charge in [0.15, 0.2) is 11.5 Å². The zero-order valence-corrected chi connectivity index (χ0v) is 22.2. The summed E-state index contributed by atoms with van der Waals surface area (Å²) in [4.78, 5) is 17.7. The minimum absolute atomic E-state index is 0.223. The van der Waals surface area contributed by atoms with E-state index < -0.39 is 0 Å². The molecule has 3 aromatic carbocycles. The monoisotopic (exact) mass is 517 g/mol. The second kappa shape index (κ2) is 12.5. The van der Waals surface area contributed by atoms with Crippen molar-refractivity contribution in [2.24, 2.45) is 0 Å². The Kier molecular flexibility index (Phi) is 8.86. The predicted octanol–water partition coefficient (Wildman–Crippen LogP) is 7.08. The fraction of sp³-hybridized carbons (Fsp3) is 0.267. The number of carbonyl (C=O) groups excluding carboxylic acids is 1. The minimum Gasteiger partial charge on any atom is -0.493 e. The number of rotatable bonds is 11. The molecule has 0 aliphatic carbocycles. The summed E-state index contributed by atoms with van der Waals surface area (Å²) >= 11 is 6.22. The molecule has 0 bridgehead atoms. The van der Waals surface area contributed by atoms with Crippen LogP contribution in [0.25, 0.3) is 17.1 Å². The predicted molar refractivity (Wildman–Crippen MR) is 149 cm³/mol. The summed E-state index contributed by atoms with van der Waals surface area (Å²) < 4.78 is 13.7. The van der Waals surface area contributed by atoms with Crippen molar-refractivity contribution in [3.05, 3.63) is 94.8 Å². The number of ether oxygens (including phenoxy) is 2.